The Hall–Kier alpha value is -2.77. The van der Waals surface area contributed by atoms with Crippen molar-refractivity contribution in [2.24, 2.45) is 0 Å². The molecule has 1 heterocycles. The Bertz CT molecular complexity index is 864. The molecule has 1 aliphatic rings. The Labute approximate surface area is 148 Å². The summed E-state index contributed by atoms with van der Waals surface area (Å²) in [5.74, 6) is -3.76. The first-order valence-electron chi connectivity index (χ1n) is 8.52. The predicted molar refractivity (Wildman–Crippen MR) is 89.3 cm³/mol. The van der Waals surface area contributed by atoms with Crippen LogP contribution in [0.4, 0.5) is 8.78 Å². The molecule has 3 rings (SSSR count). The molecule has 2 aromatic rings. The zero-order chi connectivity index (χ0) is 18.8. The molecule has 26 heavy (non-hydrogen) atoms. The molecule has 0 saturated heterocycles. The van der Waals surface area contributed by atoms with Gasteiger partial charge in [0, 0.05) is 11.3 Å². The van der Waals surface area contributed by atoms with Crippen molar-refractivity contribution in [1.29, 1.82) is 0 Å². The van der Waals surface area contributed by atoms with E-state index in [9.17, 15) is 23.5 Å². The molecule has 6 nitrogen and oxygen atoms in total. The van der Waals surface area contributed by atoms with Crippen molar-refractivity contribution in [2.75, 3.05) is 0 Å². The lowest BCUT2D eigenvalue weighted by Crippen LogP contribution is -2.41. The van der Waals surface area contributed by atoms with Crippen LogP contribution in [0.5, 0.6) is 0 Å². The van der Waals surface area contributed by atoms with Crippen LogP contribution in [0.3, 0.4) is 0 Å². The molecule has 8 heteroatoms. The molecule has 0 fully saturated rings. The summed E-state index contributed by atoms with van der Waals surface area (Å²) in [6.45, 7) is 1.82. The summed E-state index contributed by atoms with van der Waals surface area (Å²) in [6.07, 6.45) is 2.83. The van der Waals surface area contributed by atoms with E-state index in [4.69, 9.17) is 0 Å². The number of amides is 1. The number of aromatic nitrogens is 2. The number of rotatable bonds is 6. The summed E-state index contributed by atoms with van der Waals surface area (Å²) < 4.78 is 29.0. The SMILES string of the molecule is CCCC(NC(=O)c1nn(-c2cccc(F)c2F)c2c1CCC2)C(=O)O. The normalized spacial score (nSPS) is 14.1. The fraction of sp³-hybridized carbons (Fsp3) is 0.389. The number of benzene rings is 1. The molecule has 0 radical (unpaired) electrons. The van der Waals surface area contributed by atoms with Crippen LogP contribution in [0.2, 0.25) is 0 Å². The van der Waals surface area contributed by atoms with Crippen LogP contribution in [-0.2, 0) is 17.6 Å². The number of fused-ring (bicyclic) bond motifs is 1. The van der Waals surface area contributed by atoms with Gasteiger partial charge in [-0.1, -0.05) is 19.4 Å². The van der Waals surface area contributed by atoms with E-state index in [0.29, 0.717) is 36.9 Å². The summed E-state index contributed by atoms with van der Waals surface area (Å²) in [5.41, 5.74) is 1.32. The Morgan fingerprint density at radius 1 is 1.35 bits per heavy atom. The smallest absolute Gasteiger partial charge is 0.326 e. The van der Waals surface area contributed by atoms with Crippen LogP contribution >= 0.6 is 0 Å². The average Bonchev–Trinajstić information content (AvgIpc) is 3.19. The summed E-state index contributed by atoms with van der Waals surface area (Å²) in [4.78, 5) is 23.8. The topological polar surface area (TPSA) is 84.2 Å². The van der Waals surface area contributed by atoms with Gasteiger partial charge >= 0.3 is 5.97 Å². The van der Waals surface area contributed by atoms with Gasteiger partial charge in [-0.3, -0.25) is 4.79 Å². The molecule has 1 amide bonds. The zero-order valence-electron chi connectivity index (χ0n) is 14.3. The van der Waals surface area contributed by atoms with Gasteiger partial charge in [0.05, 0.1) is 0 Å². The van der Waals surface area contributed by atoms with Gasteiger partial charge in [0.15, 0.2) is 17.3 Å². The van der Waals surface area contributed by atoms with Crippen molar-refractivity contribution in [3.8, 4) is 5.69 Å². The lowest BCUT2D eigenvalue weighted by atomic mass is 10.1. The highest BCUT2D eigenvalue weighted by molar-refractivity contribution is 5.96. The van der Waals surface area contributed by atoms with Crippen molar-refractivity contribution < 1.29 is 23.5 Å². The first-order chi connectivity index (χ1) is 12.4. The van der Waals surface area contributed by atoms with Gasteiger partial charge < -0.3 is 10.4 Å². The fourth-order valence-electron chi connectivity index (χ4n) is 3.25. The number of carbonyl (C=O) groups excluding carboxylic acids is 1. The minimum Gasteiger partial charge on any atom is -0.480 e. The van der Waals surface area contributed by atoms with E-state index in [-0.39, 0.29) is 11.4 Å². The van der Waals surface area contributed by atoms with E-state index in [1.165, 1.54) is 16.8 Å². The fourth-order valence-corrected chi connectivity index (χ4v) is 3.25. The van der Waals surface area contributed by atoms with Gasteiger partial charge in [0.1, 0.15) is 11.7 Å². The van der Waals surface area contributed by atoms with Gasteiger partial charge in [0.25, 0.3) is 5.91 Å². The average molecular weight is 363 g/mol. The summed E-state index contributed by atoms with van der Waals surface area (Å²) in [6, 6.07) is 2.76. The molecule has 0 bridgehead atoms. The molecule has 1 aromatic carbocycles. The maximum Gasteiger partial charge on any atom is 0.326 e. The molecular formula is C18H19F2N3O3. The Balaban J connectivity index is 1.98. The molecule has 1 aliphatic carbocycles. The number of aliphatic carboxylic acids is 1. The number of halogens is 2. The number of hydrogen-bond donors (Lipinski definition) is 2. The summed E-state index contributed by atoms with van der Waals surface area (Å²) in [5, 5.41) is 15.9. The largest absolute Gasteiger partial charge is 0.480 e. The maximum atomic E-state index is 14.2. The molecule has 0 spiro atoms. The minimum atomic E-state index is -1.12. The number of carboxylic acids is 1. The van der Waals surface area contributed by atoms with Crippen molar-refractivity contribution in [3.63, 3.8) is 0 Å². The number of carboxylic acid groups (broad SMARTS) is 1. The van der Waals surface area contributed by atoms with Crippen molar-refractivity contribution in [1.82, 2.24) is 15.1 Å². The van der Waals surface area contributed by atoms with E-state index >= 15 is 0 Å². The van der Waals surface area contributed by atoms with Gasteiger partial charge in [0.2, 0.25) is 0 Å². The molecule has 1 atom stereocenters. The van der Waals surface area contributed by atoms with Gasteiger partial charge in [-0.15, -0.1) is 0 Å². The summed E-state index contributed by atoms with van der Waals surface area (Å²) in [7, 11) is 0. The quantitative estimate of drug-likeness (QED) is 0.826. The van der Waals surface area contributed by atoms with Crippen LogP contribution in [0.15, 0.2) is 18.2 Å². The number of nitrogens with one attached hydrogen (secondary N) is 1. The predicted octanol–water partition coefficient (Wildman–Crippen LogP) is 2.62. The second-order valence-corrected chi connectivity index (χ2v) is 6.27. The maximum absolute atomic E-state index is 14.2. The van der Waals surface area contributed by atoms with E-state index in [1.807, 2.05) is 6.92 Å². The molecule has 138 valence electrons. The second kappa shape index (κ2) is 7.23. The molecule has 1 unspecified atom stereocenters. The Morgan fingerprint density at radius 3 is 2.81 bits per heavy atom. The molecule has 0 aliphatic heterocycles. The van der Waals surface area contributed by atoms with Crippen LogP contribution in [-0.4, -0.2) is 32.8 Å². The van der Waals surface area contributed by atoms with Gasteiger partial charge in [-0.25, -0.2) is 18.3 Å². The third kappa shape index (κ3) is 3.18. The van der Waals surface area contributed by atoms with E-state index in [2.05, 4.69) is 10.4 Å². The first-order valence-corrected chi connectivity index (χ1v) is 8.52. The molecule has 2 N–H and O–H groups in total. The molecule has 0 saturated carbocycles. The second-order valence-electron chi connectivity index (χ2n) is 6.27. The lowest BCUT2D eigenvalue weighted by Gasteiger charge is -2.12. The van der Waals surface area contributed by atoms with Crippen molar-refractivity contribution in [2.45, 2.75) is 45.1 Å². The number of nitrogens with zero attached hydrogens (tertiary/aromatic N) is 2. The highest BCUT2D eigenvalue weighted by atomic mass is 19.2. The van der Waals surface area contributed by atoms with Crippen LogP contribution in [0, 0.1) is 11.6 Å². The first kappa shape index (κ1) is 18.0. The molecular weight excluding hydrogens is 344 g/mol. The third-order valence-electron chi connectivity index (χ3n) is 4.49. The monoisotopic (exact) mass is 363 g/mol. The van der Waals surface area contributed by atoms with Crippen LogP contribution < -0.4 is 5.32 Å². The van der Waals surface area contributed by atoms with Crippen LogP contribution in [0.25, 0.3) is 5.69 Å². The standard InChI is InChI=1S/C18H19F2N3O3/c1-2-5-12(18(25)26)21-17(24)16-10-6-3-8-13(10)23(22-16)14-9-4-7-11(19)15(14)20/h4,7,9,12H,2-3,5-6,8H2,1H3,(H,21,24)(H,25,26). The van der Waals surface area contributed by atoms with Gasteiger partial charge in [-0.2, -0.15) is 5.10 Å². The van der Waals surface area contributed by atoms with Gasteiger partial charge in [-0.05, 0) is 37.8 Å². The van der Waals surface area contributed by atoms with Crippen LogP contribution in [0.1, 0.15) is 47.9 Å². The number of carbonyl (C=O) groups is 2. The Kier molecular flexibility index (Phi) is 5.01. The zero-order valence-corrected chi connectivity index (χ0v) is 14.3. The minimum absolute atomic E-state index is 0.0643. The van der Waals surface area contributed by atoms with Crippen molar-refractivity contribution in [3.05, 3.63) is 46.8 Å². The molecule has 1 aromatic heterocycles. The highest BCUT2D eigenvalue weighted by Gasteiger charge is 2.30. The highest BCUT2D eigenvalue weighted by Crippen LogP contribution is 2.29. The number of hydrogen-bond acceptors (Lipinski definition) is 3. The van der Waals surface area contributed by atoms with Crippen molar-refractivity contribution >= 4 is 11.9 Å². The van der Waals surface area contributed by atoms with E-state index in [1.54, 1.807) is 0 Å². The summed E-state index contributed by atoms with van der Waals surface area (Å²) >= 11 is 0. The van der Waals surface area contributed by atoms with E-state index < -0.39 is 29.6 Å². The van der Waals surface area contributed by atoms with E-state index in [0.717, 1.165) is 12.5 Å². The Morgan fingerprint density at radius 2 is 2.12 bits per heavy atom. The third-order valence-corrected chi connectivity index (χ3v) is 4.49. The lowest BCUT2D eigenvalue weighted by molar-refractivity contribution is -0.139.